The maximum Gasteiger partial charge on any atom is 0.216 e. The smallest absolute Gasteiger partial charge is 0.216 e. The van der Waals surface area contributed by atoms with Gasteiger partial charge in [-0.3, -0.25) is 0 Å². The third-order valence-corrected chi connectivity index (χ3v) is 4.94. The third-order valence-electron chi connectivity index (χ3n) is 3.21. The first-order valence-corrected chi connectivity index (χ1v) is 9.42. The fraction of sp³-hybridized carbons (Fsp3) is 0.294. The quantitative estimate of drug-likeness (QED) is 0.775. The fourth-order valence-electron chi connectivity index (χ4n) is 2.08. The van der Waals surface area contributed by atoms with Gasteiger partial charge in [-0.05, 0) is 48.9 Å². The molecule has 0 aliphatic rings. The molecular weight excluding hydrogens is 350 g/mol. The van der Waals surface area contributed by atoms with Crippen LogP contribution in [0.1, 0.15) is 12.5 Å². The van der Waals surface area contributed by atoms with E-state index in [0.29, 0.717) is 16.3 Å². The third kappa shape index (κ3) is 6.03. The van der Waals surface area contributed by atoms with E-state index in [4.69, 9.17) is 21.1 Å². The van der Waals surface area contributed by atoms with Gasteiger partial charge >= 0.3 is 0 Å². The van der Waals surface area contributed by atoms with Crippen LogP contribution in [-0.4, -0.2) is 28.2 Å². The predicted octanol–water partition coefficient (Wildman–Crippen LogP) is 3.24. The van der Waals surface area contributed by atoms with Crippen LogP contribution in [0.3, 0.4) is 0 Å². The van der Waals surface area contributed by atoms with Crippen molar-refractivity contribution in [2.45, 2.75) is 18.7 Å². The zero-order valence-corrected chi connectivity index (χ0v) is 15.1. The molecule has 130 valence electrons. The van der Waals surface area contributed by atoms with Gasteiger partial charge in [0.2, 0.25) is 10.0 Å². The van der Waals surface area contributed by atoms with Gasteiger partial charge in [-0.1, -0.05) is 23.7 Å². The van der Waals surface area contributed by atoms with Gasteiger partial charge < -0.3 is 9.47 Å². The molecule has 24 heavy (non-hydrogen) atoms. The van der Waals surface area contributed by atoms with Crippen LogP contribution in [0.5, 0.6) is 11.5 Å². The molecule has 2 aromatic rings. The van der Waals surface area contributed by atoms with E-state index in [1.54, 1.807) is 62.6 Å². The highest BCUT2D eigenvalue weighted by molar-refractivity contribution is 7.88. The second-order valence-electron chi connectivity index (χ2n) is 5.39. The first-order valence-electron chi connectivity index (χ1n) is 7.39. The van der Waals surface area contributed by atoms with Gasteiger partial charge in [0.05, 0.1) is 18.9 Å². The van der Waals surface area contributed by atoms with Crippen LogP contribution in [-0.2, 0) is 15.8 Å². The number of ether oxygens (including phenoxy) is 2. The lowest BCUT2D eigenvalue weighted by Crippen LogP contribution is -2.37. The molecule has 0 aliphatic heterocycles. The predicted molar refractivity (Wildman–Crippen MR) is 95.2 cm³/mol. The Morgan fingerprint density at radius 1 is 1.04 bits per heavy atom. The number of benzene rings is 2. The lowest BCUT2D eigenvalue weighted by molar-refractivity contribution is 0.287. The van der Waals surface area contributed by atoms with Crippen LogP contribution in [0.25, 0.3) is 0 Å². The Bertz CT molecular complexity index is 745. The molecule has 1 N–H and O–H groups in total. The van der Waals surface area contributed by atoms with E-state index < -0.39 is 10.0 Å². The van der Waals surface area contributed by atoms with Crippen LogP contribution in [0.2, 0.25) is 5.02 Å². The Balaban J connectivity index is 1.85. The van der Waals surface area contributed by atoms with Crippen molar-refractivity contribution < 1.29 is 17.9 Å². The van der Waals surface area contributed by atoms with Gasteiger partial charge in [0.1, 0.15) is 18.1 Å². The highest BCUT2D eigenvalue weighted by Gasteiger charge is 2.16. The maximum absolute atomic E-state index is 12.2. The monoisotopic (exact) mass is 369 g/mol. The first kappa shape index (κ1) is 18.6. The van der Waals surface area contributed by atoms with Gasteiger partial charge in [0, 0.05) is 5.02 Å². The average molecular weight is 370 g/mol. The molecule has 0 unspecified atom stereocenters. The standard InChI is InChI=1S/C17H20ClNO4S/c1-13(11-23-17-9-7-16(22-2)8-10-17)19-24(20,21)12-14-3-5-15(18)6-4-14/h3-10,13,19H,11-12H2,1-2H3/t13-/m0/s1. The van der Waals surface area contributed by atoms with Crippen LogP contribution < -0.4 is 14.2 Å². The van der Waals surface area contributed by atoms with Gasteiger partial charge in [-0.25, -0.2) is 13.1 Å². The van der Waals surface area contributed by atoms with Crippen LogP contribution in [0.15, 0.2) is 48.5 Å². The second kappa shape index (κ2) is 8.37. The van der Waals surface area contributed by atoms with Crippen LogP contribution in [0, 0.1) is 0 Å². The van der Waals surface area contributed by atoms with Crippen molar-refractivity contribution in [2.75, 3.05) is 13.7 Å². The number of nitrogens with one attached hydrogen (secondary N) is 1. The minimum atomic E-state index is -3.45. The molecule has 0 heterocycles. The molecule has 0 aromatic heterocycles. The van der Waals surface area contributed by atoms with E-state index in [1.807, 2.05) is 0 Å². The summed E-state index contributed by atoms with van der Waals surface area (Å²) < 4.78 is 37.6. The van der Waals surface area contributed by atoms with E-state index >= 15 is 0 Å². The van der Waals surface area contributed by atoms with Gasteiger partial charge in [0.25, 0.3) is 0 Å². The summed E-state index contributed by atoms with van der Waals surface area (Å²) in [6.07, 6.45) is 0. The highest BCUT2D eigenvalue weighted by Crippen LogP contribution is 2.17. The molecule has 0 saturated carbocycles. The maximum atomic E-state index is 12.2. The summed E-state index contributed by atoms with van der Waals surface area (Å²) in [5, 5.41) is 0.574. The van der Waals surface area contributed by atoms with E-state index in [1.165, 1.54) is 0 Å². The molecule has 2 rings (SSSR count). The Labute approximate surface area is 147 Å². The Morgan fingerprint density at radius 3 is 2.21 bits per heavy atom. The number of rotatable bonds is 8. The summed E-state index contributed by atoms with van der Waals surface area (Å²) in [6.45, 7) is 1.98. The summed E-state index contributed by atoms with van der Waals surface area (Å²) >= 11 is 5.80. The van der Waals surface area contributed by atoms with Gasteiger partial charge in [-0.15, -0.1) is 0 Å². The molecule has 0 saturated heterocycles. The van der Waals surface area contributed by atoms with E-state index in [2.05, 4.69) is 4.72 Å². The Kier molecular flexibility index (Phi) is 6.48. The zero-order valence-electron chi connectivity index (χ0n) is 13.5. The number of sulfonamides is 1. The normalized spacial score (nSPS) is 12.6. The SMILES string of the molecule is COc1ccc(OC[C@H](C)NS(=O)(=O)Cc2ccc(Cl)cc2)cc1. The molecule has 0 spiro atoms. The fourth-order valence-corrected chi connectivity index (χ4v) is 3.60. The van der Waals surface area contributed by atoms with Crippen molar-refractivity contribution in [2.24, 2.45) is 0 Å². The van der Waals surface area contributed by atoms with E-state index in [9.17, 15) is 8.42 Å². The summed E-state index contributed by atoms with van der Waals surface area (Å²) in [7, 11) is -1.86. The van der Waals surface area contributed by atoms with Crippen LogP contribution >= 0.6 is 11.6 Å². The molecule has 7 heteroatoms. The lowest BCUT2D eigenvalue weighted by Gasteiger charge is -2.15. The topological polar surface area (TPSA) is 64.6 Å². The van der Waals surface area contributed by atoms with Crippen molar-refractivity contribution in [3.8, 4) is 11.5 Å². The number of methoxy groups -OCH3 is 1. The molecule has 5 nitrogen and oxygen atoms in total. The number of hydrogen-bond acceptors (Lipinski definition) is 4. The minimum absolute atomic E-state index is 0.100. The van der Waals surface area contributed by atoms with E-state index in [0.717, 1.165) is 5.75 Å². The van der Waals surface area contributed by atoms with Crippen molar-refractivity contribution >= 4 is 21.6 Å². The van der Waals surface area contributed by atoms with E-state index in [-0.39, 0.29) is 18.4 Å². The average Bonchev–Trinajstić information content (AvgIpc) is 2.55. The summed E-state index contributed by atoms with van der Waals surface area (Å²) in [6, 6.07) is 13.5. The molecule has 0 bridgehead atoms. The summed E-state index contributed by atoms with van der Waals surface area (Å²) in [5.41, 5.74) is 0.676. The van der Waals surface area contributed by atoms with Crippen molar-refractivity contribution in [3.05, 3.63) is 59.1 Å². The molecule has 0 fully saturated rings. The molecule has 0 amide bonds. The zero-order chi connectivity index (χ0) is 17.6. The first-order chi connectivity index (χ1) is 11.4. The molecule has 2 aromatic carbocycles. The molecule has 1 atom stereocenters. The molecule has 0 radical (unpaired) electrons. The largest absolute Gasteiger partial charge is 0.497 e. The molecular formula is C17H20ClNO4S. The summed E-state index contributed by atoms with van der Waals surface area (Å²) in [4.78, 5) is 0. The summed E-state index contributed by atoms with van der Waals surface area (Å²) in [5.74, 6) is 1.29. The van der Waals surface area contributed by atoms with Crippen molar-refractivity contribution in [1.82, 2.24) is 4.72 Å². The van der Waals surface area contributed by atoms with Crippen molar-refractivity contribution in [1.29, 1.82) is 0 Å². The minimum Gasteiger partial charge on any atom is -0.497 e. The number of hydrogen-bond donors (Lipinski definition) is 1. The van der Waals surface area contributed by atoms with Gasteiger partial charge in [0.15, 0.2) is 0 Å². The second-order valence-corrected chi connectivity index (χ2v) is 7.58. The Morgan fingerprint density at radius 2 is 1.62 bits per heavy atom. The number of halogens is 1. The van der Waals surface area contributed by atoms with Crippen LogP contribution in [0.4, 0.5) is 0 Å². The lowest BCUT2D eigenvalue weighted by atomic mass is 10.2. The Hall–Kier alpha value is -1.76. The van der Waals surface area contributed by atoms with Gasteiger partial charge in [-0.2, -0.15) is 0 Å². The highest BCUT2D eigenvalue weighted by atomic mass is 35.5. The molecule has 0 aliphatic carbocycles. The van der Waals surface area contributed by atoms with Crippen molar-refractivity contribution in [3.63, 3.8) is 0 Å².